The van der Waals surface area contributed by atoms with Gasteiger partial charge >= 0.3 is 5.97 Å². The second kappa shape index (κ2) is 6.16. The molecule has 1 aliphatic rings. The molecule has 1 saturated carbocycles. The number of halogens is 1. The molecule has 0 bridgehead atoms. The smallest absolute Gasteiger partial charge is 0.306 e. The molecular weight excluding hydrogens is 284 g/mol. The van der Waals surface area contributed by atoms with Gasteiger partial charge in [-0.3, -0.25) is 4.79 Å². The fourth-order valence-corrected chi connectivity index (χ4v) is 3.71. The van der Waals surface area contributed by atoms with Crippen molar-refractivity contribution in [1.29, 1.82) is 0 Å². The minimum Gasteiger partial charge on any atom is -0.481 e. The number of carboxylic acid groups (broad SMARTS) is 1. The summed E-state index contributed by atoms with van der Waals surface area (Å²) in [7, 11) is 0. The number of carboxylic acids is 1. The summed E-state index contributed by atoms with van der Waals surface area (Å²) in [6.07, 6.45) is 2.19. The lowest BCUT2D eigenvalue weighted by molar-refractivity contribution is -0.144. The summed E-state index contributed by atoms with van der Waals surface area (Å²) in [6.45, 7) is 0. The van der Waals surface area contributed by atoms with Crippen molar-refractivity contribution < 1.29 is 15.0 Å². The largest absolute Gasteiger partial charge is 0.481 e. The molecule has 1 aromatic carbocycles. The van der Waals surface area contributed by atoms with Crippen molar-refractivity contribution >= 4 is 29.3 Å². The highest BCUT2D eigenvalue weighted by Gasteiger charge is 2.35. The van der Waals surface area contributed by atoms with Crippen LogP contribution in [0.3, 0.4) is 0 Å². The Labute approximate surface area is 122 Å². The number of hydrogen-bond donors (Lipinski definition) is 2. The summed E-state index contributed by atoms with van der Waals surface area (Å²) in [4.78, 5) is 11.8. The van der Waals surface area contributed by atoms with Crippen molar-refractivity contribution in [3.63, 3.8) is 0 Å². The van der Waals surface area contributed by atoms with Crippen LogP contribution in [0.4, 0.5) is 0 Å². The summed E-state index contributed by atoms with van der Waals surface area (Å²) < 4.78 is 0. The van der Waals surface area contributed by atoms with Gasteiger partial charge in [-0.05, 0) is 37.8 Å². The molecule has 0 heterocycles. The average Bonchev–Trinajstić information content (AvgIpc) is 2.38. The molecule has 2 rings (SSSR count). The molecule has 0 atom stereocenters. The van der Waals surface area contributed by atoms with Gasteiger partial charge in [-0.25, -0.2) is 0 Å². The molecule has 0 amide bonds. The van der Waals surface area contributed by atoms with Gasteiger partial charge in [-0.15, -0.1) is 11.8 Å². The Bertz CT molecular complexity index is 456. The van der Waals surface area contributed by atoms with Crippen LogP contribution in [0, 0.1) is 5.92 Å². The SMILES string of the molecule is O=C(O)C1CCC(O)(CSc2ccccc2Cl)CC1. The molecule has 0 spiro atoms. The Morgan fingerprint density at radius 2 is 2.00 bits per heavy atom. The maximum absolute atomic E-state index is 10.9. The Morgan fingerprint density at radius 1 is 1.37 bits per heavy atom. The minimum absolute atomic E-state index is 0.300. The number of carbonyl (C=O) groups is 1. The first-order valence-corrected chi connectivity index (χ1v) is 7.69. The molecule has 2 N–H and O–H groups in total. The summed E-state index contributed by atoms with van der Waals surface area (Å²) in [6, 6.07) is 7.55. The van der Waals surface area contributed by atoms with E-state index in [1.54, 1.807) is 0 Å². The van der Waals surface area contributed by atoms with Crippen LogP contribution in [-0.2, 0) is 4.79 Å². The van der Waals surface area contributed by atoms with Crippen molar-refractivity contribution in [1.82, 2.24) is 0 Å². The third kappa shape index (κ3) is 3.88. The summed E-state index contributed by atoms with van der Waals surface area (Å²) in [5.41, 5.74) is -0.768. The molecule has 0 radical (unpaired) electrons. The molecule has 0 aliphatic heterocycles. The van der Waals surface area contributed by atoms with Gasteiger partial charge in [0.15, 0.2) is 0 Å². The second-order valence-corrected chi connectivity index (χ2v) is 6.48. The van der Waals surface area contributed by atoms with Gasteiger partial charge in [0.2, 0.25) is 0 Å². The quantitative estimate of drug-likeness (QED) is 0.836. The average molecular weight is 301 g/mol. The maximum atomic E-state index is 10.9. The molecule has 0 unspecified atom stereocenters. The Morgan fingerprint density at radius 3 is 2.58 bits per heavy atom. The van der Waals surface area contributed by atoms with Crippen LogP contribution in [-0.4, -0.2) is 27.5 Å². The van der Waals surface area contributed by atoms with Gasteiger partial charge in [-0.2, -0.15) is 0 Å². The highest BCUT2D eigenvalue weighted by molar-refractivity contribution is 7.99. The van der Waals surface area contributed by atoms with E-state index in [0.717, 1.165) is 4.90 Å². The Kier molecular flexibility index (Phi) is 4.76. The number of hydrogen-bond acceptors (Lipinski definition) is 3. The molecule has 1 aliphatic carbocycles. The minimum atomic E-state index is -0.768. The summed E-state index contributed by atoms with van der Waals surface area (Å²) >= 11 is 7.60. The highest BCUT2D eigenvalue weighted by Crippen LogP contribution is 2.37. The fraction of sp³-hybridized carbons (Fsp3) is 0.500. The van der Waals surface area contributed by atoms with E-state index in [1.807, 2.05) is 24.3 Å². The molecule has 104 valence electrons. The second-order valence-electron chi connectivity index (χ2n) is 5.06. The molecule has 19 heavy (non-hydrogen) atoms. The zero-order chi connectivity index (χ0) is 13.9. The highest BCUT2D eigenvalue weighted by atomic mass is 35.5. The van der Waals surface area contributed by atoms with E-state index >= 15 is 0 Å². The van der Waals surface area contributed by atoms with Gasteiger partial charge in [0.05, 0.1) is 16.5 Å². The lowest BCUT2D eigenvalue weighted by Crippen LogP contribution is -2.38. The third-order valence-electron chi connectivity index (χ3n) is 3.60. The van der Waals surface area contributed by atoms with Crippen molar-refractivity contribution in [2.24, 2.45) is 5.92 Å². The van der Waals surface area contributed by atoms with E-state index in [4.69, 9.17) is 16.7 Å². The van der Waals surface area contributed by atoms with Gasteiger partial charge in [0, 0.05) is 10.6 Å². The predicted molar refractivity (Wildman–Crippen MR) is 76.7 cm³/mol. The summed E-state index contributed by atoms with van der Waals surface area (Å²) in [5.74, 6) is -0.491. The zero-order valence-corrected chi connectivity index (χ0v) is 12.1. The first-order chi connectivity index (χ1) is 9.00. The molecule has 3 nitrogen and oxygen atoms in total. The van der Waals surface area contributed by atoms with E-state index in [-0.39, 0.29) is 5.92 Å². The normalized spacial score (nSPS) is 27.2. The molecule has 5 heteroatoms. The lowest BCUT2D eigenvalue weighted by Gasteiger charge is -2.34. The number of thioether (sulfide) groups is 1. The van der Waals surface area contributed by atoms with Crippen LogP contribution in [0.1, 0.15) is 25.7 Å². The topological polar surface area (TPSA) is 57.5 Å². The van der Waals surface area contributed by atoms with Crippen LogP contribution in [0.15, 0.2) is 29.2 Å². The van der Waals surface area contributed by atoms with Gasteiger partial charge in [0.1, 0.15) is 0 Å². The fourth-order valence-electron chi connectivity index (χ4n) is 2.32. The van der Waals surface area contributed by atoms with Crippen molar-refractivity contribution in [2.45, 2.75) is 36.2 Å². The third-order valence-corrected chi connectivity index (χ3v) is 5.39. The number of benzene rings is 1. The Hall–Kier alpha value is -0.710. The monoisotopic (exact) mass is 300 g/mol. The van der Waals surface area contributed by atoms with Crippen molar-refractivity contribution in [3.8, 4) is 0 Å². The lowest BCUT2D eigenvalue weighted by atomic mass is 9.80. The van der Waals surface area contributed by atoms with E-state index in [9.17, 15) is 9.90 Å². The molecule has 0 saturated heterocycles. The number of rotatable bonds is 4. The molecule has 0 aromatic heterocycles. The molecular formula is C14H17ClO3S. The van der Waals surface area contributed by atoms with Gasteiger partial charge in [0.25, 0.3) is 0 Å². The molecule has 1 aromatic rings. The molecule has 1 fully saturated rings. The van der Waals surface area contributed by atoms with Crippen LogP contribution in [0.5, 0.6) is 0 Å². The van der Waals surface area contributed by atoms with Gasteiger partial charge < -0.3 is 10.2 Å². The van der Waals surface area contributed by atoms with Crippen molar-refractivity contribution in [3.05, 3.63) is 29.3 Å². The Balaban J connectivity index is 1.90. The van der Waals surface area contributed by atoms with E-state index in [0.29, 0.717) is 36.5 Å². The van der Waals surface area contributed by atoms with E-state index in [2.05, 4.69) is 0 Å². The van der Waals surface area contributed by atoms with E-state index < -0.39 is 11.6 Å². The van der Waals surface area contributed by atoms with Crippen molar-refractivity contribution in [2.75, 3.05) is 5.75 Å². The first kappa shape index (κ1) is 14.7. The van der Waals surface area contributed by atoms with Crippen LogP contribution in [0.25, 0.3) is 0 Å². The standard InChI is InChI=1S/C14H17ClO3S/c15-11-3-1-2-4-12(11)19-9-14(18)7-5-10(6-8-14)13(16)17/h1-4,10,18H,5-9H2,(H,16,17). The number of aliphatic carboxylic acids is 1. The zero-order valence-electron chi connectivity index (χ0n) is 10.5. The van der Waals surface area contributed by atoms with Crippen LogP contribution < -0.4 is 0 Å². The summed E-state index contributed by atoms with van der Waals surface area (Å²) in [5, 5.41) is 20.1. The van der Waals surface area contributed by atoms with E-state index in [1.165, 1.54) is 11.8 Å². The van der Waals surface area contributed by atoms with Crippen LogP contribution in [0.2, 0.25) is 5.02 Å². The van der Waals surface area contributed by atoms with Gasteiger partial charge in [-0.1, -0.05) is 23.7 Å². The first-order valence-electron chi connectivity index (χ1n) is 6.33. The van der Waals surface area contributed by atoms with Crippen LogP contribution >= 0.6 is 23.4 Å². The maximum Gasteiger partial charge on any atom is 0.306 e. The predicted octanol–water partition coefficient (Wildman–Crippen LogP) is 3.44. The number of aliphatic hydroxyl groups is 1.